The summed E-state index contributed by atoms with van der Waals surface area (Å²) in [6.07, 6.45) is 3.87. The molecular weight excluding hydrogens is 252 g/mol. The Morgan fingerprint density at radius 3 is 2.35 bits per heavy atom. The molecule has 0 aromatic carbocycles. The molecule has 0 aromatic rings. The smallest absolute Gasteiger partial charge is 0.313 e. The monoisotopic (exact) mass is 282 g/mol. The minimum atomic E-state index is -0.544. The van der Waals surface area contributed by atoms with Crippen molar-refractivity contribution in [3.8, 4) is 0 Å². The van der Waals surface area contributed by atoms with Gasteiger partial charge in [0.25, 0.3) is 0 Å². The topological polar surface area (TPSA) is 41.6 Å². The number of carbonyl (C=O) groups is 1. The van der Waals surface area contributed by atoms with E-state index in [0.717, 1.165) is 19.0 Å². The normalized spacial score (nSPS) is 28.7. The molecule has 2 fully saturated rings. The van der Waals surface area contributed by atoms with E-state index < -0.39 is 5.41 Å². The molecule has 1 N–H and O–H groups in total. The van der Waals surface area contributed by atoms with Crippen molar-refractivity contribution in [2.24, 2.45) is 5.41 Å². The maximum atomic E-state index is 12.0. The first-order valence-electron chi connectivity index (χ1n) is 7.81. The van der Waals surface area contributed by atoms with Crippen molar-refractivity contribution in [3.63, 3.8) is 0 Å². The highest BCUT2D eigenvalue weighted by Gasteiger charge is 2.47. The van der Waals surface area contributed by atoms with Gasteiger partial charge in [-0.3, -0.25) is 9.69 Å². The minimum absolute atomic E-state index is 0.153. The molecule has 0 spiro atoms. The van der Waals surface area contributed by atoms with Crippen LogP contribution in [0, 0.1) is 5.41 Å². The standard InChI is InChI=1S/C16H30N2O2/c1-11-9-12(10-18(11)13-7-8-13)17-16(4,5)15(2,3)14(19)20-6/h11-13,17H,7-10H2,1-6H3. The van der Waals surface area contributed by atoms with Crippen molar-refractivity contribution in [3.05, 3.63) is 0 Å². The van der Waals surface area contributed by atoms with Gasteiger partial charge in [0.05, 0.1) is 12.5 Å². The van der Waals surface area contributed by atoms with Crippen LogP contribution in [-0.2, 0) is 9.53 Å². The number of ether oxygens (including phenoxy) is 1. The lowest BCUT2D eigenvalue weighted by Gasteiger charge is -2.42. The van der Waals surface area contributed by atoms with Crippen molar-refractivity contribution in [1.82, 2.24) is 10.2 Å². The van der Waals surface area contributed by atoms with Crippen LogP contribution in [0.15, 0.2) is 0 Å². The van der Waals surface area contributed by atoms with Crippen LogP contribution in [0.25, 0.3) is 0 Å². The van der Waals surface area contributed by atoms with Gasteiger partial charge in [-0.25, -0.2) is 0 Å². The average molecular weight is 282 g/mol. The molecule has 116 valence electrons. The zero-order valence-corrected chi connectivity index (χ0v) is 13.8. The van der Waals surface area contributed by atoms with E-state index in [4.69, 9.17) is 4.74 Å². The van der Waals surface area contributed by atoms with Crippen LogP contribution in [0.1, 0.15) is 53.9 Å². The molecule has 1 heterocycles. The highest BCUT2D eigenvalue weighted by atomic mass is 16.5. The Balaban J connectivity index is 1.99. The van der Waals surface area contributed by atoms with Crippen molar-refractivity contribution < 1.29 is 9.53 Å². The third kappa shape index (κ3) is 2.86. The lowest BCUT2D eigenvalue weighted by atomic mass is 9.74. The van der Waals surface area contributed by atoms with Gasteiger partial charge in [-0.15, -0.1) is 0 Å². The quantitative estimate of drug-likeness (QED) is 0.785. The molecule has 2 atom stereocenters. The highest BCUT2D eigenvalue weighted by molar-refractivity contribution is 5.77. The summed E-state index contributed by atoms with van der Waals surface area (Å²) in [5.74, 6) is -0.153. The summed E-state index contributed by atoms with van der Waals surface area (Å²) in [7, 11) is 1.46. The van der Waals surface area contributed by atoms with E-state index in [1.165, 1.54) is 20.0 Å². The highest BCUT2D eigenvalue weighted by Crippen LogP contribution is 2.36. The zero-order valence-electron chi connectivity index (χ0n) is 13.8. The lowest BCUT2D eigenvalue weighted by molar-refractivity contribution is -0.155. The van der Waals surface area contributed by atoms with Gasteiger partial charge in [0.2, 0.25) is 0 Å². The Kier molecular flexibility index (Phi) is 4.18. The SMILES string of the molecule is COC(=O)C(C)(C)C(C)(C)NC1CC(C)N(C2CC2)C1. The van der Waals surface area contributed by atoms with Gasteiger partial charge in [-0.05, 0) is 53.9 Å². The molecule has 2 unspecified atom stereocenters. The minimum Gasteiger partial charge on any atom is -0.469 e. The third-order valence-electron chi connectivity index (χ3n) is 5.46. The second kappa shape index (κ2) is 5.30. The molecule has 1 saturated heterocycles. The molecule has 0 bridgehead atoms. The summed E-state index contributed by atoms with van der Waals surface area (Å²) in [6, 6.07) is 1.93. The molecule has 1 aliphatic carbocycles. The Morgan fingerprint density at radius 2 is 1.85 bits per heavy atom. The maximum absolute atomic E-state index is 12.0. The van der Waals surface area contributed by atoms with Gasteiger partial charge in [0.15, 0.2) is 0 Å². The van der Waals surface area contributed by atoms with Gasteiger partial charge < -0.3 is 10.1 Å². The molecule has 20 heavy (non-hydrogen) atoms. The van der Waals surface area contributed by atoms with Crippen LogP contribution in [0.2, 0.25) is 0 Å². The molecule has 0 radical (unpaired) electrons. The van der Waals surface area contributed by atoms with E-state index in [1.54, 1.807) is 0 Å². The Labute approximate surface area is 123 Å². The van der Waals surface area contributed by atoms with Crippen LogP contribution < -0.4 is 5.32 Å². The largest absolute Gasteiger partial charge is 0.469 e. The number of rotatable bonds is 5. The summed E-state index contributed by atoms with van der Waals surface area (Å²) < 4.78 is 4.97. The predicted octanol–water partition coefficient (Wildman–Crippen LogP) is 2.18. The van der Waals surface area contributed by atoms with Crippen LogP contribution in [0.4, 0.5) is 0 Å². The first-order valence-corrected chi connectivity index (χ1v) is 7.81. The number of esters is 1. The number of carbonyl (C=O) groups excluding carboxylic acids is 1. The third-order valence-corrected chi connectivity index (χ3v) is 5.46. The van der Waals surface area contributed by atoms with E-state index in [0.29, 0.717) is 12.1 Å². The summed E-state index contributed by atoms with van der Waals surface area (Å²) in [5, 5.41) is 3.71. The number of nitrogens with one attached hydrogen (secondary N) is 1. The lowest BCUT2D eigenvalue weighted by Crippen LogP contribution is -2.58. The molecule has 2 rings (SSSR count). The fraction of sp³-hybridized carbons (Fsp3) is 0.938. The van der Waals surface area contributed by atoms with Crippen LogP contribution >= 0.6 is 0 Å². The second-order valence-corrected chi connectivity index (χ2v) is 7.60. The van der Waals surface area contributed by atoms with E-state index >= 15 is 0 Å². The van der Waals surface area contributed by atoms with Gasteiger partial charge >= 0.3 is 5.97 Å². The number of nitrogens with zero attached hydrogens (tertiary/aromatic N) is 1. The van der Waals surface area contributed by atoms with Crippen molar-refractivity contribution >= 4 is 5.97 Å². The summed E-state index contributed by atoms with van der Waals surface area (Å²) in [6.45, 7) is 11.6. The molecule has 1 aliphatic heterocycles. The van der Waals surface area contributed by atoms with Crippen molar-refractivity contribution in [2.45, 2.75) is 77.5 Å². The van der Waals surface area contributed by atoms with Crippen LogP contribution in [-0.4, -0.2) is 48.2 Å². The van der Waals surface area contributed by atoms with Gasteiger partial charge in [0.1, 0.15) is 0 Å². The maximum Gasteiger partial charge on any atom is 0.313 e. The molecular formula is C16H30N2O2. The average Bonchev–Trinajstić information content (AvgIpc) is 3.12. The van der Waals surface area contributed by atoms with Crippen molar-refractivity contribution in [1.29, 1.82) is 0 Å². The van der Waals surface area contributed by atoms with E-state index in [1.807, 2.05) is 13.8 Å². The van der Waals surface area contributed by atoms with Crippen LogP contribution in [0.5, 0.6) is 0 Å². The van der Waals surface area contributed by atoms with E-state index in [2.05, 4.69) is 31.0 Å². The summed E-state index contributed by atoms with van der Waals surface area (Å²) in [4.78, 5) is 14.7. The second-order valence-electron chi connectivity index (χ2n) is 7.60. The fourth-order valence-corrected chi connectivity index (χ4v) is 3.28. The zero-order chi connectivity index (χ0) is 15.1. The number of hydrogen-bond acceptors (Lipinski definition) is 4. The fourth-order valence-electron chi connectivity index (χ4n) is 3.28. The Hall–Kier alpha value is -0.610. The molecule has 4 nitrogen and oxygen atoms in total. The Morgan fingerprint density at radius 1 is 1.25 bits per heavy atom. The van der Waals surface area contributed by atoms with Gasteiger partial charge in [-0.2, -0.15) is 0 Å². The molecule has 1 saturated carbocycles. The molecule has 2 aliphatic rings. The van der Waals surface area contributed by atoms with E-state index in [-0.39, 0.29) is 11.5 Å². The van der Waals surface area contributed by atoms with Gasteiger partial charge in [-0.1, -0.05) is 0 Å². The molecule has 0 aromatic heterocycles. The summed E-state index contributed by atoms with van der Waals surface area (Å²) >= 11 is 0. The first kappa shape index (κ1) is 15.8. The number of methoxy groups -OCH3 is 1. The number of hydrogen-bond donors (Lipinski definition) is 1. The molecule has 0 amide bonds. The van der Waals surface area contributed by atoms with Crippen molar-refractivity contribution in [2.75, 3.05) is 13.7 Å². The molecule has 4 heteroatoms. The van der Waals surface area contributed by atoms with E-state index in [9.17, 15) is 4.79 Å². The van der Waals surface area contributed by atoms with Gasteiger partial charge in [0, 0.05) is 30.2 Å². The first-order chi connectivity index (χ1) is 9.19. The number of likely N-dealkylation sites (tertiary alicyclic amines) is 1. The Bertz CT molecular complexity index is 375. The van der Waals surface area contributed by atoms with Crippen LogP contribution in [0.3, 0.4) is 0 Å². The predicted molar refractivity (Wildman–Crippen MR) is 80.6 cm³/mol. The summed E-state index contributed by atoms with van der Waals surface area (Å²) in [5.41, 5.74) is -0.831.